The first-order valence-electron chi connectivity index (χ1n) is 10.5. The first-order valence-corrected chi connectivity index (χ1v) is 10.5. The fourth-order valence-corrected chi connectivity index (χ4v) is 4.40. The number of piperidine rings is 1. The van der Waals surface area contributed by atoms with Crippen molar-refractivity contribution in [2.75, 3.05) is 49.1 Å². The highest BCUT2D eigenvalue weighted by Gasteiger charge is 2.31. The smallest absolute Gasteiger partial charge is 0.298 e. The van der Waals surface area contributed by atoms with Gasteiger partial charge >= 0.3 is 0 Å². The largest absolute Gasteiger partial charge is 0.423 e. The fraction of sp³-hybridized carbons (Fsp3) is 0.391. The summed E-state index contributed by atoms with van der Waals surface area (Å²) in [5, 5.41) is 0. The zero-order chi connectivity index (χ0) is 19.6. The van der Waals surface area contributed by atoms with Gasteiger partial charge in [0.15, 0.2) is 5.58 Å². The molecule has 3 aromatic rings. The molecule has 0 N–H and O–H groups in total. The predicted octanol–water partition coefficient (Wildman–Crippen LogP) is 3.39. The number of hydrogen-bond acceptors (Lipinski definition) is 5. The van der Waals surface area contributed by atoms with Crippen LogP contribution < -0.4 is 9.80 Å². The van der Waals surface area contributed by atoms with Crippen molar-refractivity contribution in [3.8, 4) is 0 Å². The Morgan fingerprint density at radius 1 is 0.828 bits per heavy atom. The number of anilines is 2. The molecule has 6 nitrogen and oxygen atoms in total. The molecule has 0 spiro atoms. The van der Waals surface area contributed by atoms with Crippen molar-refractivity contribution >= 4 is 28.7 Å². The molecular formula is C23H26N4O2. The topological polar surface area (TPSA) is 52.8 Å². The van der Waals surface area contributed by atoms with Crippen molar-refractivity contribution in [2.45, 2.75) is 12.8 Å². The number of fused-ring (bicyclic) bond motifs is 1. The summed E-state index contributed by atoms with van der Waals surface area (Å²) < 4.78 is 5.89. The number of nitrogens with zero attached hydrogens (tertiary/aromatic N) is 4. The molecule has 2 aromatic carbocycles. The Kier molecular flexibility index (Phi) is 4.84. The SMILES string of the molecule is O=C(C1CCN(c2nc3ccccc3o2)CC1)N1CCN(c2ccccc2)CC1. The number of hydrogen-bond donors (Lipinski definition) is 0. The molecule has 2 aliphatic heterocycles. The molecule has 150 valence electrons. The minimum absolute atomic E-state index is 0.110. The van der Waals surface area contributed by atoms with Crippen molar-refractivity contribution in [1.29, 1.82) is 0 Å². The van der Waals surface area contributed by atoms with Crippen molar-refractivity contribution in [2.24, 2.45) is 5.92 Å². The second kappa shape index (κ2) is 7.78. The number of carbonyl (C=O) groups is 1. The molecular weight excluding hydrogens is 364 g/mol. The quantitative estimate of drug-likeness (QED) is 0.686. The van der Waals surface area contributed by atoms with Gasteiger partial charge in [0.1, 0.15) is 5.52 Å². The maximum atomic E-state index is 13.0. The number of para-hydroxylation sites is 3. The molecule has 6 heteroatoms. The van der Waals surface area contributed by atoms with E-state index in [1.54, 1.807) is 0 Å². The summed E-state index contributed by atoms with van der Waals surface area (Å²) in [7, 11) is 0. The lowest BCUT2D eigenvalue weighted by atomic mass is 9.95. The molecule has 29 heavy (non-hydrogen) atoms. The Bertz CT molecular complexity index is 938. The summed E-state index contributed by atoms with van der Waals surface area (Å²) in [6.07, 6.45) is 1.72. The van der Waals surface area contributed by atoms with Crippen LogP contribution in [0.5, 0.6) is 0 Å². The molecule has 0 bridgehead atoms. The first-order chi connectivity index (χ1) is 14.3. The lowest BCUT2D eigenvalue weighted by Gasteiger charge is -2.39. The summed E-state index contributed by atoms with van der Waals surface area (Å²) in [5.74, 6) is 0.425. The molecule has 2 fully saturated rings. The van der Waals surface area contributed by atoms with Gasteiger partial charge in [0, 0.05) is 50.9 Å². The third kappa shape index (κ3) is 3.67. The second-order valence-corrected chi connectivity index (χ2v) is 7.87. The Morgan fingerprint density at radius 3 is 2.24 bits per heavy atom. The maximum absolute atomic E-state index is 13.0. The van der Waals surface area contributed by atoms with Crippen molar-refractivity contribution in [3.05, 3.63) is 54.6 Å². The van der Waals surface area contributed by atoms with E-state index in [1.165, 1.54) is 5.69 Å². The van der Waals surface area contributed by atoms with Crippen LogP contribution in [0.4, 0.5) is 11.7 Å². The zero-order valence-electron chi connectivity index (χ0n) is 16.5. The normalized spacial score (nSPS) is 18.4. The van der Waals surface area contributed by atoms with Gasteiger partial charge in [-0.15, -0.1) is 0 Å². The molecule has 2 saturated heterocycles. The van der Waals surface area contributed by atoms with Crippen LogP contribution in [0.15, 0.2) is 59.0 Å². The average Bonchev–Trinajstić information content (AvgIpc) is 3.24. The third-order valence-corrected chi connectivity index (χ3v) is 6.11. The van der Waals surface area contributed by atoms with Crippen molar-refractivity contribution < 1.29 is 9.21 Å². The van der Waals surface area contributed by atoms with Crippen molar-refractivity contribution in [1.82, 2.24) is 9.88 Å². The summed E-state index contributed by atoms with van der Waals surface area (Å²) in [6.45, 7) is 5.04. The van der Waals surface area contributed by atoms with E-state index in [1.807, 2.05) is 30.3 Å². The molecule has 0 unspecified atom stereocenters. The van der Waals surface area contributed by atoms with Crippen LogP contribution in [-0.2, 0) is 4.79 Å². The molecule has 2 aliphatic rings. The molecule has 0 radical (unpaired) electrons. The Morgan fingerprint density at radius 2 is 1.52 bits per heavy atom. The van der Waals surface area contributed by atoms with Gasteiger partial charge in [0.2, 0.25) is 5.91 Å². The lowest BCUT2D eigenvalue weighted by molar-refractivity contribution is -0.136. The number of aromatic nitrogens is 1. The van der Waals surface area contributed by atoms with Gasteiger partial charge in [0.05, 0.1) is 0 Å². The van der Waals surface area contributed by atoms with Crippen LogP contribution in [0.25, 0.3) is 11.1 Å². The summed E-state index contributed by atoms with van der Waals surface area (Å²) >= 11 is 0. The zero-order valence-corrected chi connectivity index (χ0v) is 16.5. The molecule has 0 saturated carbocycles. The number of carbonyl (C=O) groups excluding carboxylic acids is 1. The van der Waals surface area contributed by atoms with Gasteiger partial charge < -0.3 is 19.1 Å². The average molecular weight is 390 g/mol. The van der Waals surface area contributed by atoms with Gasteiger partial charge in [-0.3, -0.25) is 4.79 Å². The fourth-order valence-electron chi connectivity index (χ4n) is 4.40. The van der Waals surface area contributed by atoms with Crippen LogP contribution in [0, 0.1) is 5.92 Å². The summed E-state index contributed by atoms with van der Waals surface area (Å²) in [5.41, 5.74) is 2.94. The minimum Gasteiger partial charge on any atom is -0.423 e. The summed E-state index contributed by atoms with van der Waals surface area (Å²) in [6, 6.07) is 19.0. The number of amides is 1. The molecule has 0 atom stereocenters. The second-order valence-electron chi connectivity index (χ2n) is 7.87. The number of oxazole rings is 1. The monoisotopic (exact) mass is 390 g/mol. The van der Waals surface area contributed by atoms with E-state index in [0.29, 0.717) is 11.9 Å². The van der Waals surface area contributed by atoms with E-state index in [2.05, 4.69) is 43.9 Å². The Balaban J connectivity index is 1.15. The van der Waals surface area contributed by atoms with Crippen LogP contribution in [-0.4, -0.2) is 55.1 Å². The molecule has 1 aromatic heterocycles. The van der Waals surface area contributed by atoms with Crippen LogP contribution in [0.1, 0.15) is 12.8 Å². The van der Waals surface area contributed by atoms with E-state index < -0.39 is 0 Å². The summed E-state index contributed by atoms with van der Waals surface area (Å²) in [4.78, 5) is 24.2. The first kappa shape index (κ1) is 18.0. The van der Waals surface area contributed by atoms with E-state index in [9.17, 15) is 4.79 Å². The van der Waals surface area contributed by atoms with E-state index in [4.69, 9.17) is 4.42 Å². The van der Waals surface area contributed by atoms with Gasteiger partial charge in [-0.25, -0.2) is 0 Å². The van der Waals surface area contributed by atoms with E-state index in [0.717, 1.165) is 63.2 Å². The number of rotatable bonds is 3. The minimum atomic E-state index is 0.110. The van der Waals surface area contributed by atoms with Gasteiger partial charge in [-0.05, 0) is 37.1 Å². The highest BCUT2D eigenvalue weighted by atomic mass is 16.4. The van der Waals surface area contributed by atoms with Crippen LogP contribution in [0.3, 0.4) is 0 Å². The van der Waals surface area contributed by atoms with Gasteiger partial charge in [-0.1, -0.05) is 30.3 Å². The molecule has 3 heterocycles. The Hall–Kier alpha value is -3.02. The molecule has 0 aliphatic carbocycles. The van der Waals surface area contributed by atoms with E-state index >= 15 is 0 Å². The molecule has 5 rings (SSSR count). The highest BCUT2D eigenvalue weighted by Crippen LogP contribution is 2.27. The van der Waals surface area contributed by atoms with Gasteiger partial charge in [-0.2, -0.15) is 4.98 Å². The lowest BCUT2D eigenvalue weighted by Crippen LogP contribution is -2.51. The van der Waals surface area contributed by atoms with Crippen LogP contribution in [0.2, 0.25) is 0 Å². The highest BCUT2D eigenvalue weighted by molar-refractivity contribution is 5.79. The van der Waals surface area contributed by atoms with Crippen molar-refractivity contribution in [3.63, 3.8) is 0 Å². The number of benzene rings is 2. The van der Waals surface area contributed by atoms with Crippen LogP contribution >= 0.6 is 0 Å². The Labute approximate surface area is 170 Å². The third-order valence-electron chi connectivity index (χ3n) is 6.11. The van der Waals surface area contributed by atoms with Gasteiger partial charge in [0.25, 0.3) is 6.01 Å². The predicted molar refractivity (Wildman–Crippen MR) is 114 cm³/mol. The maximum Gasteiger partial charge on any atom is 0.298 e. The standard InChI is InChI=1S/C23H26N4O2/c28-22(26-16-14-25(15-17-26)19-6-2-1-3-7-19)18-10-12-27(13-11-18)23-24-20-8-4-5-9-21(20)29-23/h1-9,18H,10-17H2. The van der Waals surface area contributed by atoms with E-state index in [-0.39, 0.29) is 5.92 Å². The number of piperazine rings is 1. The molecule has 1 amide bonds.